The molecule has 1 unspecified atom stereocenters. The summed E-state index contributed by atoms with van der Waals surface area (Å²) >= 11 is 1.97. The number of ether oxygens (including phenoxy) is 1. The Bertz CT molecular complexity index is 446. The van der Waals surface area contributed by atoms with Gasteiger partial charge in [-0.2, -0.15) is 11.8 Å². The van der Waals surface area contributed by atoms with Crippen LogP contribution in [-0.4, -0.2) is 24.7 Å². The van der Waals surface area contributed by atoms with Crippen molar-refractivity contribution in [2.24, 2.45) is 0 Å². The van der Waals surface area contributed by atoms with E-state index >= 15 is 0 Å². The first-order valence-electron chi connectivity index (χ1n) is 7.22. The summed E-state index contributed by atoms with van der Waals surface area (Å²) in [6, 6.07) is 5.35. The molecule has 0 radical (unpaired) electrons. The normalized spacial score (nSPS) is 19.0. The van der Waals surface area contributed by atoms with Crippen molar-refractivity contribution < 1.29 is 9.13 Å². The summed E-state index contributed by atoms with van der Waals surface area (Å²) in [4.78, 5) is 0. The van der Waals surface area contributed by atoms with Crippen molar-refractivity contribution in [3.8, 4) is 5.75 Å². The number of hydrogen-bond acceptors (Lipinski definition) is 3. The molecule has 1 aliphatic carbocycles. The van der Waals surface area contributed by atoms with Gasteiger partial charge in [-0.1, -0.05) is 18.9 Å². The quantitative estimate of drug-likeness (QED) is 0.852. The van der Waals surface area contributed by atoms with Crippen molar-refractivity contribution in [1.82, 2.24) is 5.32 Å². The summed E-state index contributed by atoms with van der Waals surface area (Å²) in [5.41, 5.74) is 0.970. The molecule has 0 aromatic heterocycles. The minimum Gasteiger partial charge on any atom is -0.494 e. The van der Waals surface area contributed by atoms with Crippen LogP contribution in [0.4, 0.5) is 4.39 Å². The molecule has 1 aromatic carbocycles. The molecule has 0 saturated heterocycles. The topological polar surface area (TPSA) is 21.3 Å². The van der Waals surface area contributed by atoms with Crippen LogP contribution in [0.5, 0.6) is 5.75 Å². The van der Waals surface area contributed by atoms with Crippen LogP contribution in [0, 0.1) is 5.82 Å². The molecular formula is C16H24FNOS. The highest BCUT2D eigenvalue weighted by molar-refractivity contribution is 8.00. The minimum absolute atomic E-state index is 0.153. The Balaban J connectivity index is 1.97. The zero-order valence-corrected chi connectivity index (χ0v) is 13.4. The first kappa shape index (κ1) is 15.6. The average Bonchev–Trinajstić information content (AvgIpc) is 2.94. The Labute approximate surface area is 125 Å². The molecule has 0 spiro atoms. The van der Waals surface area contributed by atoms with Crippen molar-refractivity contribution in [3.63, 3.8) is 0 Å². The maximum Gasteiger partial charge on any atom is 0.165 e. The lowest BCUT2D eigenvalue weighted by Crippen LogP contribution is -2.36. The predicted molar refractivity (Wildman–Crippen MR) is 84.1 cm³/mol. The Kier molecular flexibility index (Phi) is 5.33. The largest absolute Gasteiger partial charge is 0.494 e. The Hall–Kier alpha value is -0.740. The molecule has 2 nitrogen and oxygen atoms in total. The van der Waals surface area contributed by atoms with E-state index in [1.165, 1.54) is 32.8 Å². The van der Waals surface area contributed by atoms with E-state index in [4.69, 9.17) is 4.74 Å². The molecule has 1 aliphatic rings. The van der Waals surface area contributed by atoms with Gasteiger partial charge in [0.25, 0.3) is 0 Å². The summed E-state index contributed by atoms with van der Waals surface area (Å²) in [7, 11) is 1.49. The lowest BCUT2D eigenvalue weighted by Gasteiger charge is -2.29. The SMILES string of the molecule is COc1ccc(C(C)NCC2(SC)CCCC2)cc1F. The van der Waals surface area contributed by atoms with Gasteiger partial charge < -0.3 is 10.1 Å². The van der Waals surface area contributed by atoms with E-state index in [9.17, 15) is 4.39 Å². The molecule has 1 fully saturated rings. The standard InChI is InChI=1S/C16H24FNOS/c1-12(13-6-7-15(19-2)14(17)10-13)18-11-16(20-3)8-4-5-9-16/h6-7,10,12,18H,4-5,8-9,11H2,1-3H3. The van der Waals surface area contributed by atoms with Crippen LogP contribution in [0.2, 0.25) is 0 Å². The van der Waals surface area contributed by atoms with E-state index in [0.717, 1.165) is 12.1 Å². The fourth-order valence-electron chi connectivity index (χ4n) is 2.88. The van der Waals surface area contributed by atoms with Crippen LogP contribution >= 0.6 is 11.8 Å². The summed E-state index contributed by atoms with van der Waals surface area (Å²) in [6.07, 6.45) is 7.42. The van der Waals surface area contributed by atoms with Crippen LogP contribution in [-0.2, 0) is 0 Å². The highest BCUT2D eigenvalue weighted by Gasteiger charge is 2.32. The van der Waals surface area contributed by atoms with E-state index in [1.807, 2.05) is 17.8 Å². The van der Waals surface area contributed by atoms with Gasteiger partial charge in [0.2, 0.25) is 0 Å². The van der Waals surface area contributed by atoms with E-state index < -0.39 is 0 Å². The lowest BCUT2D eigenvalue weighted by molar-refractivity contribution is 0.385. The second kappa shape index (κ2) is 6.81. The van der Waals surface area contributed by atoms with Crippen LogP contribution in [0.15, 0.2) is 18.2 Å². The maximum atomic E-state index is 13.7. The number of nitrogens with one attached hydrogen (secondary N) is 1. The molecule has 1 aromatic rings. The van der Waals surface area contributed by atoms with Crippen LogP contribution in [0.25, 0.3) is 0 Å². The third-order valence-corrected chi connectivity index (χ3v) is 5.77. The zero-order valence-electron chi connectivity index (χ0n) is 12.5. The lowest BCUT2D eigenvalue weighted by atomic mass is 10.0. The minimum atomic E-state index is -0.293. The van der Waals surface area contributed by atoms with Gasteiger partial charge >= 0.3 is 0 Å². The molecule has 0 bridgehead atoms. The van der Waals surface area contributed by atoms with Crippen molar-refractivity contribution in [2.75, 3.05) is 19.9 Å². The summed E-state index contributed by atoms with van der Waals surface area (Å²) in [6.45, 7) is 3.08. The fourth-order valence-corrected chi connectivity index (χ4v) is 3.81. The van der Waals surface area contributed by atoms with Gasteiger partial charge in [0.15, 0.2) is 11.6 Å². The van der Waals surface area contributed by atoms with Gasteiger partial charge in [-0.05, 0) is 43.7 Å². The van der Waals surface area contributed by atoms with E-state index in [2.05, 4.69) is 18.5 Å². The number of hydrogen-bond donors (Lipinski definition) is 1. The molecule has 1 atom stereocenters. The van der Waals surface area contributed by atoms with Gasteiger partial charge in [0.1, 0.15) is 0 Å². The molecule has 2 rings (SSSR count). The molecule has 20 heavy (non-hydrogen) atoms. The predicted octanol–water partition coefficient (Wildman–Crippen LogP) is 4.16. The number of thioether (sulfide) groups is 1. The molecule has 112 valence electrons. The number of benzene rings is 1. The first-order valence-corrected chi connectivity index (χ1v) is 8.45. The molecular weight excluding hydrogens is 273 g/mol. The Morgan fingerprint density at radius 1 is 1.40 bits per heavy atom. The summed E-state index contributed by atoms with van der Waals surface area (Å²) < 4.78 is 19.1. The summed E-state index contributed by atoms with van der Waals surface area (Å²) in [5.74, 6) is 0.0106. The van der Waals surface area contributed by atoms with Gasteiger partial charge in [-0.3, -0.25) is 0 Å². The molecule has 4 heteroatoms. The van der Waals surface area contributed by atoms with E-state index in [0.29, 0.717) is 10.5 Å². The molecule has 0 heterocycles. The monoisotopic (exact) mass is 297 g/mol. The second-order valence-corrected chi connectivity index (χ2v) is 6.87. The highest BCUT2D eigenvalue weighted by atomic mass is 32.2. The molecule has 0 amide bonds. The number of methoxy groups -OCH3 is 1. The van der Waals surface area contributed by atoms with Gasteiger partial charge in [-0.15, -0.1) is 0 Å². The van der Waals surface area contributed by atoms with Gasteiger partial charge in [0, 0.05) is 17.3 Å². The van der Waals surface area contributed by atoms with Crippen LogP contribution in [0.3, 0.4) is 0 Å². The van der Waals surface area contributed by atoms with Crippen molar-refractivity contribution in [2.45, 2.75) is 43.4 Å². The van der Waals surface area contributed by atoms with Gasteiger partial charge in [0.05, 0.1) is 7.11 Å². The third-order valence-electron chi connectivity index (χ3n) is 4.35. The average molecular weight is 297 g/mol. The summed E-state index contributed by atoms with van der Waals surface area (Å²) in [5, 5.41) is 3.57. The van der Waals surface area contributed by atoms with Crippen molar-refractivity contribution >= 4 is 11.8 Å². The molecule has 1 saturated carbocycles. The first-order chi connectivity index (χ1) is 9.60. The molecule has 0 aliphatic heterocycles. The zero-order chi connectivity index (χ0) is 14.6. The Morgan fingerprint density at radius 3 is 2.65 bits per heavy atom. The fraction of sp³-hybridized carbons (Fsp3) is 0.625. The number of halogens is 1. The second-order valence-electron chi connectivity index (χ2n) is 5.59. The highest BCUT2D eigenvalue weighted by Crippen LogP contribution is 2.40. The smallest absolute Gasteiger partial charge is 0.165 e. The maximum absolute atomic E-state index is 13.7. The van der Waals surface area contributed by atoms with Gasteiger partial charge in [-0.25, -0.2) is 4.39 Å². The van der Waals surface area contributed by atoms with Crippen LogP contribution in [0.1, 0.15) is 44.2 Å². The van der Waals surface area contributed by atoms with E-state index in [-0.39, 0.29) is 11.9 Å². The van der Waals surface area contributed by atoms with Crippen molar-refractivity contribution in [1.29, 1.82) is 0 Å². The third kappa shape index (κ3) is 3.47. The van der Waals surface area contributed by atoms with E-state index in [1.54, 1.807) is 12.1 Å². The van der Waals surface area contributed by atoms with Crippen LogP contribution < -0.4 is 10.1 Å². The number of rotatable bonds is 6. The van der Waals surface area contributed by atoms with Crippen molar-refractivity contribution in [3.05, 3.63) is 29.6 Å². The molecule has 1 N–H and O–H groups in total. The Morgan fingerprint density at radius 2 is 2.10 bits per heavy atom.